The predicted octanol–water partition coefficient (Wildman–Crippen LogP) is 2.51. The summed E-state index contributed by atoms with van der Waals surface area (Å²) in [6.45, 7) is 5.24. The topological polar surface area (TPSA) is 77.5 Å². The van der Waals surface area contributed by atoms with Crippen LogP contribution in [0.1, 0.15) is 25.8 Å². The van der Waals surface area contributed by atoms with Gasteiger partial charge in [-0.1, -0.05) is 0 Å². The van der Waals surface area contributed by atoms with E-state index in [0.29, 0.717) is 5.01 Å². The van der Waals surface area contributed by atoms with E-state index >= 15 is 0 Å². The van der Waals surface area contributed by atoms with Crippen LogP contribution in [-0.2, 0) is 20.7 Å². The minimum atomic E-state index is -0.826. The number of alkyl carbamates (subject to hydrolysis) is 1. The molecule has 0 aliphatic heterocycles. The van der Waals surface area contributed by atoms with Crippen LogP contribution in [0.4, 0.5) is 4.79 Å². The molecule has 1 unspecified atom stereocenters. The summed E-state index contributed by atoms with van der Waals surface area (Å²) >= 11 is 4.68. The highest BCUT2D eigenvalue weighted by molar-refractivity contribution is 9.11. The zero-order valence-electron chi connectivity index (χ0n) is 11.7. The maximum atomic E-state index is 11.7. The van der Waals surface area contributed by atoms with E-state index in [-0.39, 0.29) is 6.42 Å². The number of methoxy groups -OCH3 is 1. The van der Waals surface area contributed by atoms with Crippen molar-refractivity contribution in [2.75, 3.05) is 7.11 Å². The molecular formula is C12H17BrN2O4S. The zero-order valence-corrected chi connectivity index (χ0v) is 14.1. The van der Waals surface area contributed by atoms with Crippen LogP contribution in [0.25, 0.3) is 0 Å². The van der Waals surface area contributed by atoms with E-state index < -0.39 is 23.7 Å². The van der Waals surface area contributed by atoms with Crippen LogP contribution in [0.2, 0.25) is 0 Å². The van der Waals surface area contributed by atoms with Crippen molar-refractivity contribution in [2.45, 2.75) is 38.8 Å². The van der Waals surface area contributed by atoms with Crippen LogP contribution in [0.5, 0.6) is 0 Å². The standard InChI is InChI=1S/C12H17BrN2O4S/c1-12(2,3)19-11(17)15-7(10(16)18-4)5-9-14-6-8(13)20-9/h6-7H,5H2,1-4H3,(H,15,17). The Labute approximate surface area is 130 Å². The van der Waals surface area contributed by atoms with Crippen LogP contribution < -0.4 is 5.32 Å². The number of hydrogen-bond donors (Lipinski definition) is 1. The number of carbonyl (C=O) groups is 2. The summed E-state index contributed by atoms with van der Waals surface area (Å²) in [5, 5.41) is 3.21. The van der Waals surface area contributed by atoms with Gasteiger partial charge >= 0.3 is 12.1 Å². The van der Waals surface area contributed by atoms with Crippen molar-refractivity contribution in [3.05, 3.63) is 15.0 Å². The van der Waals surface area contributed by atoms with Gasteiger partial charge in [-0.15, -0.1) is 11.3 Å². The van der Waals surface area contributed by atoms with Gasteiger partial charge in [0.1, 0.15) is 11.6 Å². The lowest BCUT2D eigenvalue weighted by Gasteiger charge is -2.22. The number of nitrogens with zero attached hydrogens (tertiary/aromatic N) is 1. The van der Waals surface area contributed by atoms with Crippen molar-refractivity contribution in [3.8, 4) is 0 Å². The second kappa shape index (κ2) is 7.03. The highest BCUT2D eigenvalue weighted by atomic mass is 79.9. The number of nitrogens with one attached hydrogen (secondary N) is 1. The Morgan fingerprint density at radius 1 is 1.50 bits per heavy atom. The molecule has 1 N–H and O–H groups in total. The van der Waals surface area contributed by atoms with Crippen molar-refractivity contribution in [1.29, 1.82) is 0 Å². The Kier molecular flexibility index (Phi) is 5.94. The maximum absolute atomic E-state index is 11.7. The summed E-state index contributed by atoms with van der Waals surface area (Å²) in [4.78, 5) is 27.5. The number of rotatable bonds is 4. The Balaban J connectivity index is 2.70. The molecule has 0 aliphatic rings. The first kappa shape index (κ1) is 16.9. The molecule has 1 rings (SSSR count). The van der Waals surface area contributed by atoms with E-state index in [0.717, 1.165) is 3.79 Å². The Hall–Kier alpha value is -1.15. The SMILES string of the molecule is COC(=O)C(Cc1ncc(Br)s1)NC(=O)OC(C)(C)C. The van der Waals surface area contributed by atoms with Crippen LogP contribution in [0.3, 0.4) is 0 Å². The first-order valence-electron chi connectivity index (χ1n) is 5.89. The molecule has 8 heteroatoms. The summed E-state index contributed by atoms with van der Waals surface area (Å²) in [6, 6.07) is -0.826. The molecule has 112 valence electrons. The highest BCUT2D eigenvalue weighted by Gasteiger charge is 2.26. The molecule has 0 saturated carbocycles. The number of aromatic nitrogens is 1. The fourth-order valence-corrected chi connectivity index (χ4v) is 2.69. The van der Waals surface area contributed by atoms with Gasteiger partial charge in [0, 0.05) is 6.42 Å². The van der Waals surface area contributed by atoms with Gasteiger partial charge in [0.05, 0.1) is 22.1 Å². The molecule has 0 radical (unpaired) electrons. The average molecular weight is 365 g/mol. The summed E-state index contributed by atoms with van der Waals surface area (Å²) < 4.78 is 10.7. The lowest BCUT2D eigenvalue weighted by atomic mass is 10.2. The molecule has 1 amide bonds. The largest absolute Gasteiger partial charge is 0.467 e. The van der Waals surface area contributed by atoms with Crippen LogP contribution in [-0.4, -0.2) is 35.8 Å². The van der Waals surface area contributed by atoms with E-state index in [1.165, 1.54) is 18.4 Å². The third-order valence-corrected chi connectivity index (χ3v) is 3.58. The van der Waals surface area contributed by atoms with E-state index in [1.807, 2.05) is 0 Å². The number of carbonyl (C=O) groups excluding carboxylic acids is 2. The normalized spacial score (nSPS) is 12.7. The quantitative estimate of drug-likeness (QED) is 0.830. The molecular weight excluding hydrogens is 348 g/mol. The third-order valence-electron chi connectivity index (χ3n) is 2.08. The van der Waals surface area contributed by atoms with Crippen LogP contribution >= 0.6 is 27.3 Å². The van der Waals surface area contributed by atoms with Crippen LogP contribution in [0, 0.1) is 0 Å². The minimum Gasteiger partial charge on any atom is -0.467 e. The summed E-state index contributed by atoms with van der Waals surface area (Å²) in [5.41, 5.74) is -0.630. The van der Waals surface area contributed by atoms with Gasteiger partial charge in [-0.3, -0.25) is 0 Å². The maximum Gasteiger partial charge on any atom is 0.408 e. The minimum absolute atomic E-state index is 0.252. The molecule has 20 heavy (non-hydrogen) atoms. The Bertz CT molecular complexity index is 484. The van der Waals surface area contributed by atoms with Gasteiger partial charge in [0.2, 0.25) is 0 Å². The Morgan fingerprint density at radius 2 is 2.15 bits per heavy atom. The molecule has 1 aromatic rings. The first-order valence-corrected chi connectivity index (χ1v) is 7.50. The predicted molar refractivity (Wildman–Crippen MR) is 78.7 cm³/mol. The molecule has 0 aromatic carbocycles. The molecule has 1 heterocycles. The molecule has 1 atom stereocenters. The lowest BCUT2D eigenvalue weighted by molar-refractivity contribution is -0.143. The summed E-state index contributed by atoms with van der Waals surface area (Å²) in [5.74, 6) is -0.540. The van der Waals surface area contributed by atoms with Gasteiger partial charge in [-0.25, -0.2) is 14.6 Å². The van der Waals surface area contributed by atoms with Gasteiger partial charge in [0.15, 0.2) is 0 Å². The van der Waals surface area contributed by atoms with Crippen LogP contribution in [0.15, 0.2) is 9.98 Å². The van der Waals surface area contributed by atoms with Gasteiger partial charge < -0.3 is 14.8 Å². The molecule has 0 fully saturated rings. The highest BCUT2D eigenvalue weighted by Crippen LogP contribution is 2.20. The molecule has 6 nitrogen and oxygen atoms in total. The van der Waals surface area contributed by atoms with Gasteiger partial charge in [0.25, 0.3) is 0 Å². The summed E-state index contributed by atoms with van der Waals surface area (Å²) in [7, 11) is 1.27. The second-order valence-corrected chi connectivity index (χ2v) is 7.48. The lowest BCUT2D eigenvalue weighted by Crippen LogP contribution is -2.45. The zero-order chi connectivity index (χ0) is 15.3. The fraction of sp³-hybridized carbons (Fsp3) is 0.583. The van der Waals surface area contributed by atoms with E-state index in [9.17, 15) is 9.59 Å². The van der Waals surface area contributed by atoms with Crippen molar-refractivity contribution < 1.29 is 19.1 Å². The fourth-order valence-electron chi connectivity index (χ4n) is 1.34. The van der Waals surface area contributed by atoms with Crippen molar-refractivity contribution in [1.82, 2.24) is 10.3 Å². The van der Waals surface area contributed by atoms with E-state index in [2.05, 4.69) is 31.0 Å². The molecule has 0 saturated heterocycles. The van der Waals surface area contributed by atoms with Gasteiger partial charge in [-0.2, -0.15) is 0 Å². The number of halogens is 1. The monoisotopic (exact) mass is 364 g/mol. The number of amides is 1. The van der Waals surface area contributed by atoms with Crippen molar-refractivity contribution >= 4 is 39.3 Å². The summed E-state index contributed by atoms with van der Waals surface area (Å²) in [6.07, 6.45) is 1.23. The van der Waals surface area contributed by atoms with Crippen molar-refractivity contribution in [3.63, 3.8) is 0 Å². The second-order valence-electron chi connectivity index (χ2n) is 4.98. The van der Waals surface area contributed by atoms with E-state index in [4.69, 9.17) is 4.74 Å². The average Bonchev–Trinajstić information content (AvgIpc) is 2.70. The number of hydrogen-bond acceptors (Lipinski definition) is 6. The molecule has 0 bridgehead atoms. The number of thiazole rings is 1. The number of ether oxygens (including phenoxy) is 2. The molecule has 1 aromatic heterocycles. The molecule has 0 aliphatic carbocycles. The number of esters is 1. The van der Waals surface area contributed by atoms with Crippen molar-refractivity contribution in [2.24, 2.45) is 0 Å². The Morgan fingerprint density at radius 3 is 2.60 bits per heavy atom. The first-order chi connectivity index (χ1) is 9.21. The smallest absolute Gasteiger partial charge is 0.408 e. The third kappa shape index (κ3) is 5.87. The van der Waals surface area contributed by atoms with Gasteiger partial charge in [-0.05, 0) is 36.7 Å². The molecule has 0 spiro atoms. The van der Waals surface area contributed by atoms with E-state index in [1.54, 1.807) is 27.0 Å².